The number of hydrogen-bond donors (Lipinski definition) is 1. The zero-order chi connectivity index (χ0) is 14.6. The summed E-state index contributed by atoms with van der Waals surface area (Å²) in [5.41, 5.74) is 2.89. The fourth-order valence-corrected chi connectivity index (χ4v) is 2.47. The van der Waals surface area contributed by atoms with E-state index in [1.165, 1.54) is 16.5 Å². The first-order chi connectivity index (χ1) is 9.51. The summed E-state index contributed by atoms with van der Waals surface area (Å²) >= 11 is 0. The molecule has 0 aliphatic rings. The van der Waals surface area contributed by atoms with E-state index in [9.17, 15) is 0 Å². The van der Waals surface area contributed by atoms with Gasteiger partial charge in [0.2, 0.25) is 0 Å². The average Bonchev–Trinajstić information content (AvgIpc) is 2.74. The van der Waals surface area contributed by atoms with Gasteiger partial charge in [0, 0.05) is 36.3 Å². The second-order valence-corrected chi connectivity index (χ2v) is 6.28. The van der Waals surface area contributed by atoms with Crippen molar-refractivity contribution in [2.75, 3.05) is 20.3 Å². The normalized spacial score (nSPS) is 12.2. The van der Waals surface area contributed by atoms with Gasteiger partial charge in [0.15, 0.2) is 0 Å². The Kier molecular flexibility index (Phi) is 4.84. The molecule has 1 aromatic heterocycles. The van der Waals surface area contributed by atoms with E-state index in [4.69, 9.17) is 4.74 Å². The maximum atomic E-state index is 5.20. The molecule has 0 saturated heterocycles. The van der Waals surface area contributed by atoms with Crippen molar-refractivity contribution >= 4 is 10.9 Å². The number of ether oxygens (including phenoxy) is 1. The summed E-state index contributed by atoms with van der Waals surface area (Å²) in [4.78, 5) is 0. The summed E-state index contributed by atoms with van der Waals surface area (Å²) in [6.45, 7) is 9.27. The molecule has 110 valence electrons. The van der Waals surface area contributed by atoms with E-state index >= 15 is 0 Å². The van der Waals surface area contributed by atoms with Crippen LogP contribution < -0.4 is 5.32 Å². The van der Waals surface area contributed by atoms with Crippen molar-refractivity contribution in [2.24, 2.45) is 0 Å². The van der Waals surface area contributed by atoms with Gasteiger partial charge < -0.3 is 14.6 Å². The number of rotatable bonds is 6. The Morgan fingerprint density at radius 1 is 1.20 bits per heavy atom. The molecule has 0 spiro atoms. The minimum Gasteiger partial charge on any atom is -0.383 e. The first-order valence-corrected chi connectivity index (χ1v) is 7.32. The van der Waals surface area contributed by atoms with Crippen LogP contribution in [0.25, 0.3) is 10.9 Å². The smallest absolute Gasteiger partial charge is 0.0641 e. The minimum absolute atomic E-state index is 0.175. The van der Waals surface area contributed by atoms with Crippen molar-refractivity contribution < 1.29 is 4.74 Å². The van der Waals surface area contributed by atoms with Gasteiger partial charge in [-0.15, -0.1) is 0 Å². The standard InChI is InChI=1S/C17H26N2O/c1-17(2,3)18-10-9-14-13-19(11-12-20-4)16-8-6-5-7-15(14)16/h5-8,13,18H,9-12H2,1-4H3. The van der Waals surface area contributed by atoms with Crippen LogP contribution in [0.5, 0.6) is 0 Å². The highest BCUT2D eigenvalue weighted by molar-refractivity contribution is 5.84. The molecule has 1 aromatic carbocycles. The summed E-state index contributed by atoms with van der Waals surface area (Å²) in [7, 11) is 1.75. The zero-order valence-corrected chi connectivity index (χ0v) is 13.1. The van der Waals surface area contributed by atoms with Crippen molar-refractivity contribution in [3.63, 3.8) is 0 Å². The van der Waals surface area contributed by atoms with Gasteiger partial charge in [0.25, 0.3) is 0 Å². The monoisotopic (exact) mass is 274 g/mol. The SMILES string of the molecule is COCCn1cc(CCNC(C)(C)C)c2ccccc21. The zero-order valence-electron chi connectivity index (χ0n) is 13.1. The average molecular weight is 274 g/mol. The van der Waals surface area contributed by atoms with Crippen molar-refractivity contribution in [1.82, 2.24) is 9.88 Å². The molecule has 3 heteroatoms. The Bertz CT molecular complexity index is 552. The number of aromatic nitrogens is 1. The molecule has 2 aromatic rings. The highest BCUT2D eigenvalue weighted by atomic mass is 16.5. The highest BCUT2D eigenvalue weighted by Gasteiger charge is 2.11. The lowest BCUT2D eigenvalue weighted by Crippen LogP contribution is -2.37. The molecule has 1 N–H and O–H groups in total. The Balaban J connectivity index is 2.16. The topological polar surface area (TPSA) is 26.2 Å². The first kappa shape index (κ1) is 15.1. The van der Waals surface area contributed by atoms with Gasteiger partial charge in [-0.3, -0.25) is 0 Å². The van der Waals surface area contributed by atoms with Gasteiger partial charge >= 0.3 is 0 Å². The lowest BCUT2D eigenvalue weighted by molar-refractivity contribution is 0.188. The minimum atomic E-state index is 0.175. The maximum Gasteiger partial charge on any atom is 0.0641 e. The second-order valence-electron chi connectivity index (χ2n) is 6.28. The molecule has 0 amide bonds. The molecule has 0 aliphatic carbocycles. The summed E-state index contributed by atoms with van der Waals surface area (Å²) in [5.74, 6) is 0. The van der Waals surface area contributed by atoms with E-state index in [0.29, 0.717) is 0 Å². The number of fused-ring (bicyclic) bond motifs is 1. The third-order valence-corrected chi connectivity index (χ3v) is 3.46. The fourth-order valence-electron chi connectivity index (χ4n) is 2.47. The molecule has 0 aliphatic heterocycles. The molecule has 0 bridgehead atoms. The van der Waals surface area contributed by atoms with Crippen LogP contribution in [0, 0.1) is 0 Å². The predicted octanol–water partition coefficient (Wildman–Crippen LogP) is 3.22. The third-order valence-electron chi connectivity index (χ3n) is 3.46. The molecule has 0 atom stereocenters. The number of nitrogens with zero attached hydrogens (tertiary/aromatic N) is 1. The van der Waals surface area contributed by atoms with Gasteiger partial charge in [-0.1, -0.05) is 18.2 Å². The van der Waals surface area contributed by atoms with Crippen LogP contribution in [0.15, 0.2) is 30.5 Å². The van der Waals surface area contributed by atoms with Crippen LogP contribution in [0.4, 0.5) is 0 Å². The number of methoxy groups -OCH3 is 1. The summed E-state index contributed by atoms with van der Waals surface area (Å²) < 4.78 is 7.49. The van der Waals surface area contributed by atoms with E-state index in [-0.39, 0.29) is 5.54 Å². The van der Waals surface area contributed by atoms with E-state index in [1.807, 2.05) is 0 Å². The largest absolute Gasteiger partial charge is 0.383 e. The molecular formula is C17H26N2O. The molecular weight excluding hydrogens is 248 g/mol. The highest BCUT2D eigenvalue weighted by Crippen LogP contribution is 2.21. The maximum absolute atomic E-state index is 5.20. The van der Waals surface area contributed by atoms with Gasteiger partial charge in [0.05, 0.1) is 6.61 Å². The molecule has 0 unspecified atom stereocenters. The van der Waals surface area contributed by atoms with Gasteiger partial charge in [0.1, 0.15) is 0 Å². The van der Waals surface area contributed by atoms with Gasteiger partial charge in [-0.2, -0.15) is 0 Å². The van der Waals surface area contributed by atoms with Crippen LogP contribution in [-0.4, -0.2) is 30.4 Å². The lowest BCUT2D eigenvalue weighted by atomic mass is 10.1. The third kappa shape index (κ3) is 3.84. The van der Waals surface area contributed by atoms with Gasteiger partial charge in [-0.05, 0) is 45.4 Å². The predicted molar refractivity (Wildman–Crippen MR) is 85.3 cm³/mol. The summed E-state index contributed by atoms with van der Waals surface area (Å²) in [6.07, 6.45) is 3.33. The van der Waals surface area contributed by atoms with Crippen LogP contribution in [0.2, 0.25) is 0 Å². The second kappa shape index (κ2) is 6.42. The number of para-hydroxylation sites is 1. The van der Waals surface area contributed by atoms with Crippen LogP contribution in [-0.2, 0) is 17.7 Å². The molecule has 0 fully saturated rings. The number of hydrogen-bond acceptors (Lipinski definition) is 2. The molecule has 20 heavy (non-hydrogen) atoms. The summed E-state index contributed by atoms with van der Waals surface area (Å²) in [5, 5.41) is 4.91. The van der Waals surface area contributed by atoms with E-state index in [2.05, 4.69) is 61.1 Å². The van der Waals surface area contributed by atoms with Crippen molar-refractivity contribution in [3.05, 3.63) is 36.0 Å². The van der Waals surface area contributed by atoms with Crippen LogP contribution >= 0.6 is 0 Å². The Morgan fingerprint density at radius 2 is 1.95 bits per heavy atom. The van der Waals surface area contributed by atoms with Crippen molar-refractivity contribution in [2.45, 2.75) is 39.3 Å². The van der Waals surface area contributed by atoms with E-state index in [0.717, 1.165) is 26.1 Å². The Hall–Kier alpha value is -1.32. The number of benzene rings is 1. The summed E-state index contributed by atoms with van der Waals surface area (Å²) in [6, 6.07) is 8.61. The van der Waals surface area contributed by atoms with Crippen molar-refractivity contribution in [1.29, 1.82) is 0 Å². The van der Waals surface area contributed by atoms with Gasteiger partial charge in [-0.25, -0.2) is 0 Å². The first-order valence-electron chi connectivity index (χ1n) is 7.32. The molecule has 3 nitrogen and oxygen atoms in total. The molecule has 0 radical (unpaired) electrons. The number of nitrogens with one attached hydrogen (secondary N) is 1. The molecule has 0 saturated carbocycles. The van der Waals surface area contributed by atoms with E-state index in [1.54, 1.807) is 7.11 Å². The Labute approximate surface area is 121 Å². The Morgan fingerprint density at radius 3 is 2.65 bits per heavy atom. The van der Waals surface area contributed by atoms with Crippen molar-refractivity contribution in [3.8, 4) is 0 Å². The molecule has 2 rings (SSSR count). The van der Waals surface area contributed by atoms with Crippen LogP contribution in [0.3, 0.4) is 0 Å². The quantitative estimate of drug-likeness (QED) is 0.875. The molecule has 1 heterocycles. The lowest BCUT2D eigenvalue weighted by Gasteiger charge is -2.20. The van der Waals surface area contributed by atoms with E-state index < -0.39 is 0 Å². The fraction of sp³-hybridized carbons (Fsp3) is 0.529. The van der Waals surface area contributed by atoms with Crippen LogP contribution in [0.1, 0.15) is 26.3 Å².